The first kappa shape index (κ1) is 20.5. The monoisotopic (exact) mass is 435 g/mol. The zero-order chi connectivity index (χ0) is 21.0. The van der Waals surface area contributed by atoms with Crippen LogP contribution >= 0.6 is 23.8 Å². The minimum atomic E-state index is -0.509. The van der Waals surface area contributed by atoms with Crippen molar-refractivity contribution in [2.75, 3.05) is 17.7 Å². The third kappa shape index (κ3) is 5.18. The summed E-state index contributed by atoms with van der Waals surface area (Å²) >= 11 is 11.3. The Kier molecular flexibility index (Phi) is 6.25. The summed E-state index contributed by atoms with van der Waals surface area (Å²) in [4.78, 5) is 10.4. The lowest BCUT2D eigenvalue weighted by atomic mass is 10.2. The molecule has 0 atom stereocenters. The van der Waals surface area contributed by atoms with E-state index < -0.39 is 10.7 Å². The molecule has 8 nitrogen and oxygen atoms in total. The van der Waals surface area contributed by atoms with Crippen molar-refractivity contribution in [3.8, 4) is 5.75 Å². The topological polar surface area (TPSA) is 94.2 Å². The van der Waals surface area contributed by atoms with Crippen molar-refractivity contribution >= 4 is 46.0 Å². The maximum absolute atomic E-state index is 13.1. The Balaban J connectivity index is 1.65. The molecule has 0 amide bonds. The fraction of sp³-hybridized carbons (Fsp3) is 0.111. The summed E-state index contributed by atoms with van der Waals surface area (Å²) < 4.78 is 19.9. The normalized spacial score (nSPS) is 10.4. The van der Waals surface area contributed by atoms with Crippen molar-refractivity contribution in [2.45, 2.75) is 6.54 Å². The van der Waals surface area contributed by atoms with Crippen molar-refractivity contribution in [3.63, 3.8) is 0 Å². The number of non-ortho nitro benzene ring substituents is 1. The Morgan fingerprint density at radius 3 is 2.83 bits per heavy atom. The van der Waals surface area contributed by atoms with Crippen LogP contribution in [0, 0.1) is 15.9 Å². The average molecular weight is 436 g/mol. The van der Waals surface area contributed by atoms with E-state index in [4.69, 9.17) is 28.6 Å². The number of nitro benzene ring substituents is 1. The number of nitrogens with one attached hydrogen (secondary N) is 2. The van der Waals surface area contributed by atoms with Gasteiger partial charge in [-0.25, -0.2) is 4.39 Å². The van der Waals surface area contributed by atoms with Crippen LogP contribution in [0.15, 0.2) is 48.8 Å². The number of methoxy groups -OCH3 is 1. The van der Waals surface area contributed by atoms with E-state index in [9.17, 15) is 14.5 Å². The molecule has 11 heteroatoms. The van der Waals surface area contributed by atoms with Gasteiger partial charge in [0.05, 0.1) is 42.2 Å². The van der Waals surface area contributed by atoms with E-state index in [-0.39, 0.29) is 16.5 Å². The van der Waals surface area contributed by atoms with Gasteiger partial charge in [0.15, 0.2) is 5.11 Å². The summed E-state index contributed by atoms with van der Waals surface area (Å²) in [5.41, 5.74) is 1.72. The Morgan fingerprint density at radius 2 is 2.14 bits per heavy atom. The molecule has 0 bridgehead atoms. The Labute approximate surface area is 175 Å². The molecule has 0 aliphatic heterocycles. The summed E-state index contributed by atoms with van der Waals surface area (Å²) in [6, 6.07) is 8.33. The molecule has 29 heavy (non-hydrogen) atoms. The largest absolute Gasteiger partial charge is 0.494 e. The van der Waals surface area contributed by atoms with Crippen LogP contribution in [0.5, 0.6) is 5.75 Å². The lowest BCUT2D eigenvalue weighted by molar-refractivity contribution is -0.384. The second kappa shape index (κ2) is 8.84. The van der Waals surface area contributed by atoms with Gasteiger partial charge in [0.2, 0.25) is 0 Å². The van der Waals surface area contributed by atoms with Crippen molar-refractivity contribution in [3.05, 3.63) is 75.3 Å². The molecular weight excluding hydrogens is 421 g/mol. The molecule has 1 heterocycles. The summed E-state index contributed by atoms with van der Waals surface area (Å²) in [5, 5.41) is 21.5. The number of rotatable bonds is 6. The molecule has 0 aliphatic rings. The molecule has 2 N–H and O–H groups in total. The Hall–Kier alpha value is -3.24. The third-order valence-electron chi connectivity index (χ3n) is 3.88. The van der Waals surface area contributed by atoms with Crippen LogP contribution in [0.4, 0.5) is 21.5 Å². The average Bonchev–Trinajstić information content (AvgIpc) is 3.10. The van der Waals surface area contributed by atoms with Gasteiger partial charge in [-0.3, -0.25) is 14.8 Å². The standard InChI is InChI=1S/C18H15ClFN5O3S/c1-28-17-7-14(25(26)27)4-5-16(17)23-18(29)22-13-8-21-24(10-13)9-11-2-3-12(20)6-15(11)19/h2-8,10H,9H2,1H3,(H2,22,23,29). The quantitative estimate of drug-likeness (QED) is 0.335. The molecule has 1 aromatic heterocycles. The highest BCUT2D eigenvalue weighted by molar-refractivity contribution is 7.80. The van der Waals surface area contributed by atoms with Gasteiger partial charge in [-0.05, 0) is 36.0 Å². The molecule has 2 aromatic carbocycles. The summed E-state index contributed by atoms with van der Waals surface area (Å²) in [5.74, 6) is -0.121. The predicted octanol–water partition coefficient (Wildman–Crippen LogP) is 4.45. The fourth-order valence-corrected chi connectivity index (χ4v) is 2.98. The number of hydrogen-bond donors (Lipinski definition) is 2. The lowest BCUT2D eigenvalue weighted by Crippen LogP contribution is -2.19. The number of nitrogens with zero attached hydrogens (tertiary/aromatic N) is 3. The van der Waals surface area contributed by atoms with Gasteiger partial charge in [-0.15, -0.1) is 0 Å². The first-order valence-electron chi connectivity index (χ1n) is 8.22. The summed E-state index contributed by atoms with van der Waals surface area (Å²) in [6.45, 7) is 0.358. The van der Waals surface area contributed by atoms with Crippen LogP contribution in [0.2, 0.25) is 5.02 Å². The van der Waals surface area contributed by atoms with Gasteiger partial charge in [0.25, 0.3) is 5.69 Å². The SMILES string of the molecule is COc1cc([N+](=O)[O-])ccc1NC(=S)Nc1cnn(Cc2ccc(F)cc2Cl)c1. The number of nitro groups is 1. The molecule has 3 aromatic rings. The van der Waals surface area contributed by atoms with E-state index in [0.717, 1.165) is 5.56 Å². The molecule has 0 unspecified atom stereocenters. The highest BCUT2D eigenvalue weighted by Crippen LogP contribution is 2.29. The molecule has 0 fully saturated rings. The number of benzene rings is 2. The van der Waals surface area contributed by atoms with Gasteiger partial charge in [-0.1, -0.05) is 17.7 Å². The highest BCUT2D eigenvalue weighted by atomic mass is 35.5. The van der Waals surface area contributed by atoms with Crippen LogP contribution in [0.3, 0.4) is 0 Å². The number of aromatic nitrogens is 2. The Bertz CT molecular complexity index is 1080. The molecule has 150 valence electrons. The van der Waals surface area contributed by atoms with Gasteiger partial charge in [0.1, 0.15) is 11.6 Å². The second-order valence-electron chi connectivity index (χ2n) is 5.88. The molecule has 0 spiro atoms. The summed E-state index contributed by atoms with van der Waals surface area (Å²) in [7, 11) is 1.41. The van der Waals surface area contributed by atoms with Crippen molar-refractivity contribution in [1.29, 1.82) is 0 Å². The number of anilines is 2. The van der Waals surface area contributed by atoms with Crippen LogP contribution < -0.4 is 15.4 Å². The smallest absolute Gasteiger partial charge is 0.273 e. The van der Waals surface area contributed by atoms with Crippen LogP contribution in [-0.2, 0) is 6.54 Å². The zero-order valence-electron chi connectivity index (χ0n) is 15.1. The summed E-state index contributed by atoms with van der Waals surface area (Å²) in [6.07, 6.45) is 3.28. The predicted molar refractivity (Wildman–Crippen MR) is 112 cm³/mol. The molecule has 0 radical (unpaired) electrons. The molecule has 3 rings (SSSR count). The van der Waals surface area contributed by atoms with Gasteiger partial charge < -0.3 is 15.4 Å². The maximum atomic E-state index is 13.1. The molecular formula is C18H15ClFN5O3S. The highest BCUT2D eigenvalue weighted by Gasteiger charge is 2.13. The van der Waals surface area contributed by atoms with Crippen LogP contribution in [0.1, 0.15) is 5.56 Å². The lowest BCUT2D eigenvalue weighted by Gasteiger charge is -2.12. The maximum Gasteiger partial charge on any atom is 0.273 e. The van der Waals surface area contributed by atoms with Crippen LogP contribution in [-0.4, -0.2) is 26.9 Å². The number of hydrogen-bond acceptors (Lipinski definition) is 5. The molecule has 0 aliphatic carbocycles. The van der Waals surface area contributed by atoms with E-state index in [0.29, 0.717) is 22.9 Å². The Morgan fingerprint density at radius 1 is 1.34 bits per heavy atom. The van der Waals surface area contributed by atoms with E-state index in [1.54, 1.807) is 23.1 Å². The van der Waals surface area contributed by atoms with Crippen LogP contribution in [0.25, 0.3) is 0 Å². The van der Waals surface area contributed by atoms with E-state index in [1.807, 2.05) is 0 Å². The first-order valence-corrected chi connectivity index (χ1v) is 9.01. The third-order valence-corrected chi connectivity index (χ3v) is 4.44. The molecule has 0 saturated carbocycles. The van der Waals surface area contributed by atoms with Gasteiger partial charge in [0, 0.05) is 17.3 Å². The van der Waals surface area contributed by atoms with Gasteiger partial charge >= 0.3 is 0 Å². The zero-order valence-corrected chi connectivity index (χ0v) is 16.6. The van der Waals surface area contributed by atoms with Gasteiger partial charge in [-0.2, -0.15) is 5.10 Å². The van der Waals surface area contributed by atoms with Crippen molar-refractivity contribution in [2.24, 2.45) is 0 Å². The first-order chi connectivity index (χ1) is 13.9. The number of halogens is 2. The van der Waals surface area contributed by atoms with E-state index >= 15 is 0 Å². The van der Waals surface area contributed by atoms with E-state index in [1.165, 1.54) is 37.4 Å². The number of thiocarbonyl (C=S) groups is 1. The van der Waals surface area contributed by atoms with Crippen molar-refractivity contribution < 1.29 is 14.1 Å². The fourth-order valence-electron chi connectivity index (χ4n) is 2.52. The number of ether oxygens (including phenoxy) is 1. The van der Waals surface area contributed by atoms with E-state index in [2.05, 4.69) is 15.7 Å². The molecule has 0 saturated heterocycles. The minimum Gasteiger partial charge on any atom is -0.494 e. The minimum absolute atomic E-state index is 0.0907. The second-order valence-corrected chi connectivity index (χ2v) is 6.70. The van der Waals surface area contributed by atoms with Crippen molar-refractivity contribution in [1.82, 2.24) is 9.78 Å².